The van der Waals surface area contributed by atoms with Crippen molar-refractivity contribution in [2.24, 2.45) is 0 Å². The van der Waals surface area contributed by atoms with Crippen molar-refractivity contribution in [1.82, 2.24) is 9.97 Å². The molecule has 0 fully saturated rings. The molecule has 2 heterocycles. The number of fused-ring (bicyclic) bond motifs is 1. The molecule has 0 spiro atoms. The van der Waals surface area contributed by atoms with Crippen molar-refractivity contribution in [2.75, 3.05) is 12.4 Å². The quantitative estimate of drug-likeness (QED) is 0.715. The molecule has 0 radical (unpaired) electrons. The topological polar surface area (TPSA) is 37.8 Å². The van der Waals surface area contributed by atoms with Crippen molar-refractivity contribution in [3.63, 3.8) is 0 Å². The molecule has 0 saturated carbocycles. The van der Waals surface area contributed by atoms with E-state index in [9.17, 15) is 0 Å². The summed E-state index contributed by atoms with van der Waals surface area (Å²) in [6.45, 7) is 0. The fourth-order valence-electron chi connectivity index (χ4n) is 2.16. The molecule has 0 atom stereocenters. The summed E-state index contributed by atoms with van der Waals surface area (Å²) in [6, 6.07) is 12.0. The Kier molecular flexibility index (Phi) is 3.05. The van der Waals surface area contributed by atoms with Crippen LogP contribution in [0.1, 0.15) is 0 Å². The van der Waals surface area contributed by atoms with Crippen molar-refractivity contribution < 1.29 is 0 Å². The molecule has 0 unspecified atom stereocenters. The SMILES string of the molecule is CNc1ncc(-c2ccccc2)c2cc(Cl)ncc12. The maximum absolute atomic E-state index is 6.02. The van der Waals surface area contributed by atoms with E-state index in [2.05, 4.69) is 27.4 Å². The number of aromatic nitrogens is 2. The monoisotopic (exact) mass is 269 g/mol. The van der Waals surface area contributed by atoms with Crippen LogP contribution in [-0.2, 0) is 0 Å². The van der Waals surface area contributed by atoms with Crippen LogP contribution >= 0.6 is 11.6 Å². The van der Waals surface area contributed by atoms with Crippen LogP contribution in [0.15, 0.2) is 48.8 Å². The van der Waals surface area contributed by atoms with Gasteiger partial charge in [-0.15, -0.1) is 0 Å². The zero-order valence-corrected chi connectivity index (χ0v) is 11.1. The molecule has 2 aromatic heterocycles. The predicted octanol–water partition coefficient (Wildman–Crippen LogP) is 3.99. The second-order valence-electron chi connectivity index (χ2n) is 4.19. The third-order valence-corrected chi connectivity index (χ3v) is 3.27. The highest BCUT2D eigenvalue weighted by Crippen LogP contribution is 2.32. The van der Waals surface area contributed by atoms with Crippen molar-refractivity contribution >= 4 is 28.2 Å². The molecule has 19 heavy (non-hydrogen) atoms. The number of hydrogen-bond acceptors (Lipinski definition) is 3. The van der Waals surface area contributed by atoms with Gasteiger partial charge in [0.1, 0.15) is 11.0 Å². The van der Waals surface area contributed by atoms with Gasteiger partial charge in [0.25, 0.3) is 0 Å². The highest BCUT2D eigenvalue weighted by molar-refractivity contribution is 6.30. The van der Waals surface area contributed by atoms with E-state index in [0.717, 1.165) is 27.7 Å². The van der Waals surface area contributed by atoms with Gasteiger partial charge in [-0.05, 0) is 17.0 Å². The van der Waals surface area contributed by atoms with Crippen LogP contribution in [0.3, 0.4) is 0 Å². The Balaban J connectivity index is 2.35. The third kappa shape index (κ3) is 2.13. The van der Waals surface area contributed by atoms with Crippen LogP contribution in [0.4, 0.5) is 5.82 Å². The van der Waals surface area contributed by atoms with Crippen molar-refractivity contribution in [3.8, 4) is 11.1 Å². The normalized spacial score (nSPS) is 10.6. The Hall–Kier alpha value is -2.13. The first kappa shape index (κ1) is 11.9. The lowest BCUT2D eigenvalue weighted by atomic mass is 10.0. The number of anilines is 1. The van der Waals surface area contributed by atoms with Crippen LogP contribution in [0.25, 0.3) is 21.9 Å². The minimum Gasteiger partial charge on any atom is -0.373 e. The standard InChI is InChI=1S/C15H12ClN3/c1-17-15-13-9-18-14(16)7-11(13)12(8-19-15)10-5-3-2-4-6-10/h2-9H,1H3,(H,17,19). The van der Waals surface area contributed by atoms with E-state index >= 15 is 0 Å². The summed E-state index contributed by atoms with van der Waals surface area (Å²) in [5.41, 5.74) is 2.17. The van der Waals surface area contributed by atoms with E-state index in [4.69, 9.17) is 11.6 Å². The fraction of sp³-hybridized carbons (Fsp3) is 0.0667. The van der Waals surface area contributed by atoms with Crippen LogP contribution in [0, 0.1) is 0 Å². The minimum absolute atomic E-state index is 0.484. The number of benzene rings is 1. The molecule has 4 heteroatoms. The van der Waals surface area contributed by atoms with Crippen molar-refractivity contribution in [2.45, 2.75) is 0 Å². The summed E-state index contributed by atoms with van der Waals surface area (Å²) in [4.78, 5) is 8.57. The highest BCUT2D eigenvalue weighted by Gasteiger charge is 2.09. The summed E-state index contributed by atoms with van der Waals surface area (Å²) in [6.07, 6.45) is 3.61. The third-order valence-electron chi connectivity index (χ3n) is 3.06. The maximum Gasteiger partial charge on any atom is 0.135 e. The number of nitrogens with zero attached hydrogens (tertiary/aromatic N) is 2. The molecule has 0 bridgehead atoms. The van der Waals surface area contributed by atoms with Crippen molar-refractivity contribution in [1.29, 1.82) is 0 Å². The summed E-state index contributed by atoms with van der Waals surface area (Å²) >= 11 is 6.02. The van der Waals surface area contributed by atoms with E-state index in [0.29, 0.717) is 5.15 Å². The average Bonchev–Trinajstić information content (AvgIpc) is 2.46. The van der Waals surface area contributed by atoms with Gasteiger partial charge in [0.15, 0.2) is 0 Å². The van der Waals surface area contributed by atoms with Gasteiger partial charge in [0.2, 0.25) is 0 Å². The Bertz CT molecular complexity index is 726. The van der Waals surface area contributed by atoms with Gasteiger partial charge in [-0.2, -0.15) is 0 Å². The molecular weight excluding hydrogens is 258 g/mol. The van der Waals surface area contributed by atoms with Gasteiger partial charge < -0.3 is 5.32 Å². The molecule has 1 N–H and O–H groups in total. The van der Waals surface area contributed by atoms with E-state index in [1.54, 1.807) is 6.20 Å². The maximum atomic E-state index is 6.02. The molecule has 0 aliphatic rings. The summed E-state index contributed by atoms with van der Waals surface area (Å²) < 4.78 is 0. The van der Waals surface area contributed by atoms with E-state index < -0.39 is 0 Å². The molecule has 1 aromatic carbocycles. The summed E-state index contributed by atoms with van der Waals surface area (Å²) in [7, 11) is 1.85. The largest absolute Gasteiger partial charge is 0.373 e. The lowest BCUT2D eigenvalue weighted by molar-refractivity contribution is 1.29. The molecule has 0 amide bonds. The lowest BCUT2D eigenvalue weighted by Gasteiger charge is -2.10. The van der Waals surface area contributed by atoms with E-state index in [-0.39, 0.29) is 0 Å². The number of rotatable bonds is 2. The zero-order valence-electron chi connectivity index (χ0n) is 10.4. The zero-order chi connectivity index (χ0) is 13.2. The van der Waals surface area contributed by atoms with Gasteiger partial charge in [0, 0.05) is 30.4 Å². The van der Waals surface area contributed by atoms with E-state index in [1.165, 1.54) is 0 Å². The molecule has 0 saturated heterocycles. The van der Waals surface area contributed by atoms with Crippen LogP contribution < -0.4 is 5.32 Å². The first-order valence-corrected chi connectivity index (χ1v) is 6.35. The Morgan fingerprint density at radius 2 is 1.79 bits per heavy atom. The number of halogens is 1. The lowest BCUT2D eigenvalue weighted by Crippen LogP contribution is -1.95. The number of hydrogen-bond donors (Lipinski definition) is 1. The first-order chi connectivity index (χ1) is 9.29. The minimum atomic E-state index is 0.484. The van der Waals surface area contributed by atoms with Crippen molar-refractivity contribution in [3.05, 3.63) is 53.9 Å². The van der Waals surface area contributed by atoms with Gasteiger partial charge in [-0.3, -0.25) is 0 Å². The molecule has 0 aliphatic heterocycles. The molecular formula is C15H12ClN3. The van der Waals surface area contributed by atoms with Gasteiger partial charge in [-0.25, -0.2) is 9.97 Å². The van der Waals surface area contributed by atoms with Gasteiger partial charge in [0.05, 0.1) is 0 Å². The number of pyridine rings is 2. The molecule has 94 valence electrons. The second-order valence-corrected chi connectivity index (χ2v) is 4.58. The number of nitrogens with one attached hydrogen (secondary N) is 1. The van der Waals surface area contributed by atoms with Crippen LogP contribution in [0.2, 0.25) is 5.15 Å². The summed E-state index contributed by atoms with van der Waals surface area (Å²) in [5.74, 6) is 0.804. The summed E-state index contributed by atoms with van der Waals surface area (Å²) in [5, 5.41) is 5.57. The fourth-order valence-corrected chi connectivity index (χ4v) is 2.31. The van der Waals surface area contributed by atoms with Crippen LogP contribution in [-0.4, -0.2) is 17.0 Å². The predicted molar refractivity (Wildman–Crippen MR) is 79.5 cm³/mol. The molecule has 3 rings (SSSR count). The molecule has 0 aliphatic carbocycles. The second kappa shape index (κ2) is 4.86. The van der Waals surface area contributed by atoms with Gasteiger partial charge in [-0.1, -0.05) is 41.9 Å². The van der Waals surface area contributed by atoms with Gasteiger partial charge >= 0.3 is 0 Å². The van der Waals surface area contributed by atoms with E-state index in [1.807, 2.05) is 37.5 Å². The first-order valence-electron chi connectivity index (χ1n) is 5.97. The Morgan fingerprint density at radius 1 is 1.00 bits per heavy atom. The highest BCUT2D eigenvalue weighted by atomic mass is 35.5. The Morgan fingerprint density at radius 3 is 2.53 bits per heavy atom. The average molecular weight is 270 g/mol. The van der Waals surface area contributed by atoms with Crippen LogP contribution in [0.5, 0.6) is 0 Å². The molecule has 3 aromatic rings. The molecule has 3 nitrogen and oxygen atoms in total. The smallest absolute Gasteiger partial charge is 0.135 e. The Labute approximate surface area is 116 Å².